The highest BCUT2D eigenvalue weighted by Crippen LogP contribution is 2.20. The Morgan fingerprint density at radius 2 is 1.69 bits per heavy atom. The molecule has 7 nitrogen and oxygen atoms in total. The number of hydrogen-bond donors (Lipinski definition) is 5. The summed E-state index contributed by atoms with van der Waals surface area (Å²) in [6, 6.07) is 9.59. The first-order valence-corrected chi connectivity index (χ1v) is 10.8. The van der Waals surface area contributed by atoms with Gasteiger partial charge in [0.05, 0.1) is 5.66 Å². The second-order valence-corrected chi connectivity index (χ2v) is 8.32. The lowest BCUT2D eigenvalue weighted by Gasteiger charge is -2.48. The highest BCUT2D eigenvalue weighted by Gasteiger charge is 2.43. The Bertz CT molecular complexity index is 662. The molecule has 1 aromatic carbocycles. The van der Waals surface area contributed by atoms with E-state index in [9.17, 15) is 9.90 Å². The molecule has 5 N–H and O–H groups in total. The molecule has 1 aliphatic heterocycles. The Morgan fingerprint density at radius 1 is 1.03 bits per heavy atom. The third kappa shape index (κ3) is 8.31. The number of aliphatic carboxylic acids is 1. The molecule has 1 aromatic rings. The van der Waals surface area contributed by atoms with E-state index < -0.39 is 17.4 Å². The molecule has 0 saturated carbocycles. The fourth-order valence-corrected chi connectivity index (χ4v) is 3.65. The van der Waals surface area contributed by atoms with Crippen LogP contribution >= 0.6 is 0 Å². The van der Waals surface area contributed by atoms with Gasteiger partial charge in [0.15, 0.2) is 11.7 Å². The molecule has 162 valence electrons. The van der Waals surface area contributed by atoms with Crippen LogP contribution in [0.4, 0.5) is 5.69 Å². The van der Waals surface area contributed by atoms with Gasteiger partial charge in [-0.2, -0.15) is 0 Å². The van der Waals surface area contributed by atoms with E-state index in [1.54, 1.807) is 0 Å². The minimum Gasteiger partial charge on any atom is -0.481 e. The van der Waals surface area contributed by atoms with Gasteiger partial charge in [-0.05, 0) is 32.4 Å². The summed E-state index contributed by atoms with van der Waals surface area (Å²) in [5.74, 6) is -1.33. The zero-order valence-corrected chi connectivity index (χ0v) is 18.1. The van der Waals surface area contributed by atoms with Gasteiger partial charge >= 0.3 is 5.97 Å². The van der Waals surface area contributed by atoms with E-state index in [1.165, 1.54) is 38.5 Å². The first-order valence-electron chi connectivity index (χ1n) is 10.8. The van der Waals surface area contributed by atoms with Crippen LogP contribution in [-0.4, -0.2) is 35.0 Å². The monoisotopic (exact) mass is 403 g/mol. The smallest absolute Gasteiger partial charge is 0.309 e. The quantitative estimate of drug-likeness (QED) is 0.340. The molecular weight excluding hydrogens is 366 g/mol. The number of para-hydroxylation sites is 1. The largest absolute Gasteiger partial charge is 0.481 e. The average molecular weight is 404 g/mol. The number of benzene rings is 1. The molecule has 1 atom stereocenters. The second-order valence-electron chi connectivity index (χ2n) is 8.32. The Hall–Kier alpha value is -2.28. The molecule has 0 amide bonds. The fraction of sp³-hybridized carbons (Fsp3) is 0.636. The third-order valence-electron chi connectivity index (χ3n) is 4.87. The van der Waals surface area contributed by atoms with Crippen molar-refractivity contribution in [3.05, 3.63) is 30.3 Å². The number of carboxylic acid groups (broad SMARTS) is 1. The third-order valence-corrected chi connectivity index (χ3v) is 4.87. The Kier molecular flexibility index (Phi) is 8.76. The maximum Gasteiger partial charge on any atom is 0.309 e. The number of guanidine groups is 1. The molecule has 1 saturated heterocycles. The van der Waals surface area contributed by atoms with Gasteiger partial charge in [-0.25, -0.2) is 0 Å². The predicted octanol–water partition coefficient (Wildman–Crippen LogP) is 3.85. The van der Waals surface area contributed by atoms with Gasteiger partial charge in [0.1, 0.15) is 6.42 Å². The van der Waals surface area contributed by atoms with Gasteiger partial charge in [0, 0.05) is 12.2 Å². The summed E-state index contributed by atoms with van der Waals surface area (Å²) >= 11 is 0. The van der Waals surface area contributed by atoms with Crippen molar-refractivity contribution in [1.29, 1.82) is 0 Å². The van der Waals surface area contributed by atoms with Crippen molar-refractivity contribution < 1.29 is 9.90 Å². The van der Waals surface area contributed by atoms with Crippen molar-refractivity contribution in [2.45, 2.75) is 83.6 Å². The molecule has 0 aliphatic carbocycles. The number of nitrogens with one attached hydrogen (secondary N) is 4. The molecule has 2 rings (SSSR count). The predicted molar refractivity (Wildman–Crippen MR) is 119 cm³/mol. The van der Waals surface area contributed by atoms with Gasteiger partial charge in [0.25, 0.3) is 0 Å². The molecule has 7 heteroatoms. The summed E-state index contributed by atoms with van der Waals surface area (Å²) in [5.41, 5.74) is 0.305. The zero-order chi connectivity index (χ0) is 21.2. The fourth-order valence-electron chi connectivity index (χ4n) is 3.65. The number of rotatable bonds is 12. The van der Waals surface area contributed by atoms with Crippen LogP contribution in [0.15, 0.2) is 35.3 Å². The lowest BCUT2D eigenvalue weighted by molar-refractivity contribution is -0.139. The van der Waals surface area contributed by atoms with Gasteiger partial charge in [-0.15, -0.1) is 0 Å². The molecule has 1 fully saturated rings. The second kappa shape index (κ2) is 11.0. The maximum absolute atomic E-state index is 11.6. The van der Waals surface area contributed by atoms with E-state index in [2.05, 4.69) is 33.2 Å². The van der Waals surface area contributed by atoms with Crippen LogP contribution in [0.1, 0.15) is 72.1 Å². The summed E-state index contributed by atoms with van der Waals surface area (Å²) in [5, 5.41) is 22.8. The number of hydrogen-bond acceptors (Lipinski definition) is 4. The minimum atomic E-state index is -1.04. The SMILES string of the molecule is CCCCCCCCCN=C1NC(C)(C)NC(CC(=O)O)(Nc2ccccc2)N1. The Morgan fingerprint density at radius 3 is 2.34 bits per heavy atom. The molecule has 29 heavy (non-hydrogen) atoms. The summed E-state index contributed by atoms with van der Waals surface area (Å²) < 4.78 is 0. The molecule has 0 aromatic heterocycles. The zero-order valence-electron chi connectivity index (χ0n) is 18.1. The Balaban J connectivity index is 2.01. The number of anilines is 1. The standard InChI is InChI=1S/C22H37N5O2/c1-4-5-6-7-8-9-13-16-23-20-25-21(2,3)27-22(26-20,17-19(28)29)24-18-14-11-10-12-15-18/h10-12,14-15,24,27H,4-9,13,16-17H2,1-3H3,(H,28,29)(H2,23,25,26). The number of unbranched alkanes of at least 4 members (excludes halogenated alkanes) is 6. The summed E-state index contributed by atoms with van der Waals surface area (Å²) in [7, 11) is 0. The van der Waals surface area contributed by atoms with Crippen LogP contribution in [0, 0.1) is 0 Å². The van der Waals surface area contributed by atoms with E-state index in [-0.39, 0.29) is 6.42 Å². The van der Waals surface area contributed by atoms with Gasteiger partial charge < -0.3 is 21.1 Å². The van der Waals surface area contributed by atoms with Crippen molar-refractivity contribution in [2.75, 3.05) is 11.9 Å². The van der Waals surface area contributed by atoms with E-state index in [0.717, 1.165) is 12.1 Å². The normalized spacial score (nSPS) is 22.0. The molecule has 1 heterocycles. The topological polar surface area (TPSA) is 97.8 Å². The van der Waals surface area contributed by atoms with Crippen LogP contribution in [0.2, 0.25) is 0 Å². The van der Waals surface area contributed by atoms with Crippen LogP contribution in [0.25, 0.3) is 0 Å². The average Bonchev–Trinajstić information content (AvgIpc) is 2.62. The van der Waals surface area contributed by atoms with Crippen molar-refractivity contribution in [3.8, 4) is 0 Å². The molecule has 1 aliphatic rings. The van der Waals surface area contributed by atoms with Crippen LogP contribution in [0.3, 0.4) is 0 Å². The number of carboxylic acids is 1. The van der Waals surface area contributed by atoms with E-state index in [0.29, 0.717) is 12.5 Å². The van der Waals surface area contributed by atoms with E-state index in [1.807, 2.05) is 44.2 Å². The maximum atomic E-state index is 11.6. The van der Waals surface area contributed by atoms with Crippen LogP contribution in [0.5, 0.6) is 0 Å². The van der Waals surface area contributed by atoms with Crippen molar-refractivity contribution in [3.63, 3.8) is 0 Å². The number of nitrogens with zero attached hydrogens (tertiary/aromatic N) is 1. The number of aliphatic imine (C=N–C) groups is 1. The van der Waals surface area contributed by atoms with Crippen LogP contribution in [-0.2, 0) is 4.79 Å². The van der Waals surface area contributed by atoms with Gasteiger partial charge in [0.2, 0.25) is 0 Å². The van der Waals surface area contributed by atoms with Crippen molar-refractivity contribution >= 4 is 17.6 Å². The van der Waals surface area contributed by atoms with E-state index in [4.69, 9.17) is 0 Å². The summed E-state index contributed by atoms with van der Waals surface area (Å²) in [4.78, 5) is 16.3. The lowest BCUT2D eigenvalue weighted by Crippen LogP contribution is -2.80. The molecule has 0 spiro atoms. The highest BCUT2D eigenvalue weighted by atomic mass is 16.4. The van der Waals surface area contributed by atoms with E-state index >= 15 is 0 Å². The molecule has 0 radical (unpaired) electrons. The first kappa shape index (κ1) is 23.0. The first-order chi connectivity index (χ1) is 13.8. The van der Waals surface area contributed by atoms with Crippen molar-refractivity contribution in [2.24, 2.45) is 4.99 Å². The minimum absolute atomic E-state index is 0.149. The van der Waals surface area contributed by atoms with Crippen LogP contribution < -0.4 is 21.3 Å². The Labute approximate surface area is 174 Å². The summed E-state index contributed by atoms with van der Waals surface area (Å²) in [6.07, 6.45) is 8.50. The molecule has 1 unspecified atom stereocenters. The lowest BCUT2D eigenvalue weighted by atomic mass is 10.1. The van der Waals surface area contributed by atoms with Crippen molar-refractivity contribution in [1.82, 2.24) is 16.0 Å². The van der Waals surface area contributed by atoms with Gasteiger partial charge in [-0.1, -0.05) is 63.6 Å². The molecule has 0 bridgehead atoms. The number of carbonyl (C=O) groups is 1. The highest BCUT2D eigenvalue weighted by molar-refractivity contribution is 5.84. The molecular formula is C22H37N5O2. The summed E-state index contributed by atoms with van der Waals surface area (Å²) in [6.45, 7) is 6.89. The van der Waals surface area contributed by atoms with Gasteiger partial charge in [-0.3, -0.25) is 15.1 Å².